The fourth-order valence-electron chi connectivity index (χ4n) is 1.54. The largest absolute Gasteiger partial charge is 0.369 e. The highest BCUT2D eigenvalue weighted by Crippen LogP contribution is 2.35. The van der Waals surface area contributed by atoms with Gasteiger partial charge in [-0.3, -0.25) is 19.3 Å². The number of ether oxygens (including phenoxy) is 1. The van der Waals surface area contributed by atoms with Gasteiger partial charge in [0, 0.05) is 19.8 Å². The zero-order chi connectivity index (χ0) is 16.0. The van der Waals surface area contributed by atoms with E-state index in [1.165, 1.54) is 19.1 Å². The Bertz CT molecular complexity index is 597. The van der Waals surface area contributed by atoms with Gasteiger partial charge in [-0.05, 0) is 6.92 Å². The summed E-state index contributed by atoms with van der Waals surface area (Å²) in [6.07, 6.45) is 0.868. The Labute approximate surface area is 122 Å². The summed E-state index contributed by atoms with van der Waals surface area (Å²) in [7, 11) is -1.66. The molecule has 0 amide bonds. The summed E-state index contributed by atoms with van der Waals surface area (Å²) in [5, 5.41) is 0. The lowest BCUT2D eigenvalue weighted by Gasteiger charge is -2.23. The van der Waals surface area contributed by atoms with Gasteiger partial charge in [-0.2, -0.15) is 4.98 Å². The van der Waals surface area contributed by atoms with Crippen molar-refractivity contribution in [3.8, 4) is 0 Å². The molecule has 0 aliphatic carbocycles. The van der Waals surface area contributed by atoms with Crippen molar-refractivity contribution >= 4 is 25.5 Å². The van der Waals surface area contributed by atoms with Gasteiger partial charge in [-0.25, -0.2) is 0 Å². The Balaban J connectivity index is 2.82. The maximum absolute atomic E-state index is 11.4. The van der Waals surface area contributed by atoms with Gasteiger partial charge >= 0.3 is 0 Å². The third-order valence-corrected chi connectivity index (χ3v) is 2.98. The molecule has 1 rings (SSSR count). The van der Waals surface area contributed by atoms with Crippen molar-refractivity contribution in [2.75, 3.05) is 37.2 Å². The van der Waals surface area contributed by atoms with Crippen LogP contribution in [0.4, 0.5) is 11.8 Å². The number of hydrogen-bond acceptors (Lipinski definition) is 6. The van der Waals surface area contributed by atoms with E-state index in [9.17, 15) is 14.3 Å². The van der Waals surface area contributed by atoms with Crippen LogP contribution in [0.15, 0.2) is 15.9 Å². The Hall–Kier alpha value is -1.70. The van der Waals surface area contributed by atoms with Gasteiger partial charge in [0.1, 0.15) is 12.2 Å². The molecule has 21 heavy (non-hydrogen) atoms. The van der Waals surface area contributed by atoms with Crippen LogP contribution in [-0.4, -0.2) is 53.9 Å². The summed E-state index contributed by atoms with van der Waals surface area (Å²) in [6.45, 7) is 3.26. The third-order valence-electron chi connectivity index (χ3n) is 2.35. The predicted molar refractivity (Wildman–Crippen MR) is 82.2 cm³/mol. The maximum Gasteiger partial charge on any atom is 0.254 e. The Kier molecular flexibility index (Phi) is 6.07. The van der Waals surface area contributed by atoms with Crippen molar-refractivity contribution in [3.63, 3.8) is 0 Å². The molecule has 118 valence electrons. The topological polar surface area (TPSA) is 134 Å². The minimum atomic E-state index is -3.23. The molecule has 0 saturated carbocycles. The zero-order valence-corrected chi connectivity index (χ0v) is 13.1. The van der Waals surface area contributed by atoms with Gasteiger partial charge in [0.05, 0.1) is 19.0 Å². The second kappa shape index (κ2) is 7.35. The van der Waals surface area contributed by atoms with Gasteiger partial charge in [-0.1, -0.05) is 0 Å². The molecule has 2 atom stereocenters. The number of nitrogen functional groups attached to an aromatic ring is 1. The number of rotatable bonds is 7. The first-order valence-corrected chi connectivity index (χ1v) is 8.47. The highest BCUT2D eigenvalue weighted by atomic mass is 31.2. The van der Waals surface area contributed by atoms with Crippen LogP contribution in [-0.2, 0) is 9.30 Å². The molecule has 1 unspecified atom stereocenters. The Morgan fingerprint density at radius 1 is 1.71 bits per heavy atom. The van der Waals surface area contributed by atoms with E-state index in [4.69, 9.17) is 10.5 Å². The second-order valence-electron chi connectivity index (χ2n) is 4.67. The van der Waals surface area contributed by atoms with Crippen LogP contribution >= 0.6 is 7.37 Å². The van der Waals surface area contributed by atoms with Crippen LogP contribution in [0.1, 0.15) is 6.92 Å². The van der Waals surface area contributed by atoms with E-state index in [1.54, 1.807) is 18.9 Å². The Morgan fingerprint density at radius 2 is 2.38 bits per heavy atom. The fourth-order valence-corrected chi connectivity index (χ4v) is 2.08. The van der Waals surface area contributed by atoms with E-state index in [1.807, 2.05) is 0 Å². The molecule has 1 aromatic rings. The fraction of sp³-hybridized carbons (Fsp3) is 0.545. The molecule has 9 nitrogen and oxygen atoms in total. The van der Waals surface area contributed by atoms with Crippen molar-refractivity contribution in [2.24, 2.45) is 4.99 Å². The Morgan fingerprint density at radius 3 is 2.90 bits per heavy atom. The quantitative estimate of drug-likeness (QED) is 0.368. The lowest BCUT2D eigenvalue weighted by molar-refractivity contribution is 0.102. The standard InChI is InChI=1S/C11H20N5O4P/c1-8(20-7-21(3,18)19)5-16(6-13-2)9-4-10(17)15-11(12)14-9/h4,6,8H,5,7H2,1-3H3,(H,18,19)(H3,12,14,15,17)/t8-/m1/s1. The minimum Gasteiger partial charge on any atom is -0.369 e. The molecule has 0 saturated heterocycles. The van der Waals surface area contributed by atoms with E-state index in [-0.39, 0.29) is 24.0 Å². The molecule has 0 aliphatic rings. The molecule has 1 heterocycles. The molecular formula is C11H20N5O4P. The first-order valence-electron chi connectivity index (χ1n) is 6.18. The molecule has 0 aromatic carbocycles. The molecule has 0 radical (unpaired) electrons. The summed E-state index contributed by atoms with van der Waals surface area (Å²) >= 11 is 0. The lowest BCUT2D eigenvalue weighted by Crippen LogP contribution is -2.33. The SMILES string of the molecule is CN=CN(C[C@@H](C)OCP(C)(=O)O)c1cc(=O)[nH]c(N)n1. The summed E-state index contributed by atoms with van der Waals surface area (Å²) in [5.74, 6) is 0.315. The predicted octanol–water partition coefficient (Wildman–Crippen LogP) is 0.0794. The molecule has 1 aromatic heterocycles. The van der Waals surface area contributed by atoms with E-state index < -0.39 is 7.37 Å². The van der Waals surface area contributed by atoms with Crippen molar-refractivity contribution in [1.82, 2.24) is 9.97 Å². The third kappa shape index (κ3) is 6.52. The number of aromatic nitrogens is 2. The maximum atomic E-state index is 11.4. The lowest BCUT2D eigenvalue weighted by atomic mass is 10.3. The molecule has 0 aliphatic heterocycles. The van der Waals surface area contributed by atoms with E-state index in [2.05, 4.69) is 15.0 Å². The van der Waals surface area contributed by atoms with Crippen LogP contribution in [0.5, 0.6) is 0 Å². The molecule has 10 heteroatoms. The highest BCUT2D eigenvalue weighted by Gasteiger charge is 2.16. The molecule has 0 bridgehead atoms. The van der Waals surface area contributed by atoms with E-state index in [0.717, 1.165) is 0 Å². The van der Waals surface area contributed by atoms with Crippen LogP contribution in [0.25, 0.3) is 0 Å². The first-order chi connectivity index (χ1) is 9.71. The minimum absolute atomic E-state index is 0.00556. The first kappa shape index (κ1) is 17.4. The molecular weight excluding hydrogens is 297 g/mol. The van der Waals surface area contributed by atoms with Crippen molar-refractivity contribution in [3.05, 3.63) is 16.4 Å². The molecule has 0 fully saturated rings. The van der Waals surface area contributed by atoms with E-state index >= 15 is 0 Å². The van der Waals surface area contributed by atoms with Crippen molar-refractivity contribution < 1.29 is 14.2 Å². The molecule has 4 N–H and O–H groups in total. The number of aromatic amines is 1. The summed E-state index contributed by atoms with van der Waals surface area (Å²) in [4.78, 5) is 32.4. The van der Waals surface area contributed by atoms with Gasteiger partial charge in [0.15, 0.2) is 0 Å². The number of aliphatic imine (C=N–C) groups is 1. The molecule has 0 spiro atoms. The number of H-pyrrole nitrogens is 1. The summed E-state index contributed by atoms with van der Waals surface area (Å²) in [5.41, 5.74) is 5.12. The van der Waals surface area contributed by atoms with Gasteiger partial charge in [-0.15, -0.1) is 0 Å². The van der Waals surface area contributed by atoms with Crippen molar-refractivity contribution in [1.29, 1.82) is 0 Å². The van der Waals surface area contributed by atoms with Crippen LogP contribution in [0.3, 0.4) is 0 Å². The van der Waals surface area contributed by atoms with Gasteiger partial charge in [0.2, 0.25) is 13.3 Å². The monoisotopic (exact) mass is 317 g/mol. The highest BCUT2D eigenvalue weighted by molar-refractivity contribution is 7.56. The number of nitrogens with one attached hydrogen (secondary N) is 1. The summed E-state index contributed by atoms with van der Waals surface area (Å²) in [6, 6.07) is 1.28. The average Bonchev–Trinajstić information content (AvgIpc) is 2.34. The smallest absolute Gasteiger partial charge is 0.254 e. The van der Waals surface area contributed by atoms with Gasteiger partial charge < -0.3 is 20.3 Å². The van der Waals surface area contributed by atoms with E-state index in [0.29, 0.717) is 12.4 Å². The number of hydrogen-bond donors (Lipinski definition) is 3. The van der Waals surface area contributed by atoms with Crippen LogP contribution in [0.2, 0.25) is 0 Å². The summed E-state index contributed by atoms with van der Waals surface area (Å²) < 4.78 is 16.5. The van der Waals surface area contributed by atoms with Crippen LogP contribution < -0.4 is 16.2 Å². The zero-order valence-electron chi connectivity index (χ0n) is 12.2. The number of nitrogens with zero attached hydrogens (tertiary/aromatic N) is 3. The number of nitrogens with two attached hydrogens (primary N) is 1. The van der Waals surface area contributed by atoms with Crippen LogP contribution in [0, 0.1) is 0 Å². The van der Waals surface area contributed by atoms with Gasteiger partial charge in [0.25, 0.3) is 5.56 Å². The average molecular weight is 317 g/mol. The second-order valence-corrected chi connectivity index (χ2v) is 7.03. The normalized spacial score (nSPS) is 15.8. The number of anilines is 2. The van der Waals surface area contributed by atoms with Crippen molar-refractivity contribution in [2.45, 2.75) is 13.0 Å².